The van der Waals surface area contributed by atoms with Gasteiger partial charge in [0.2, 0.25) is 0 Å². The molecular formula is C21H34O3. The molecule has 0 bridgehead atoms. The van der Waals surface area contributed by atoms with Crippen LogP contribution in [-0.4, -0.2) is 27.7 Å². The van der Waals surface area contributed by atoms with E-state index in [0.29, 0.717) is 12.3 Å². The Balaban J connectivity index is 2.21. The van der Waals surface area contributed by atoms with E-state index < -0.39 is 5.60 Å². The van der Waals surface area contributed by atoms with Gasteiger partial charge in [-0.1, -0.05) is 43.7 Å². The molecule has 2 N–H and O–H groups in total. The van der Waals surface area contributed by atoms with Gasteiger partial charge in [0.05, 0.1) is 6.10 Å². The first-order valence-corrected chi connectivity index (χ1v) is 9.17. The molecule has 3 nitrogen and oxygen atoms in total. The fourth-order valence-electron chi connectivity index (χ4n) is 2.88. The Morgan fingerprint density at radius 3 is 2.79 bits per heavy atom. The highest BCUT2D eigenvalue weighted by molar-refractivity contribution is 5.86. The van der Waals surface area contributed by atoms with Crippen molar-refractivity contribution in [2.75, 3.05) is 0 Å². The molecule has 0 aliphatic heterocycles. The molecule has 0 radical (unpaired) electrons. The second-order valence-electron chi connectivity index (χ2n) is 7.68. The first kappa shape index (κ1) is 20.9. The van der Waals surface area contributed by atoms with E-state index in [1.165, 1.54) is 5.57 Å². The van der Waals surface area contributed by atoms with E-state index in [2.05, 4.69) is 31.7 Å². The van der Waals surface area contributed by atoms with E-state index in [4.69, 9.17) is 0 Å². The van der Waals surface area contributed by atoms with Gasteiger partial charge < -0.3 is 10.2 Å². The van der Waals surface area contributed by atoms with Crippen molar-refractivity contribution in [3.63, 3.8) is 0 Å². The van der Waals surface area contributed by atoms with Crippen molar-refractivity contribution in [1.82, 2.24) is 0 Å². The summed E-state index contributed by atoms with van der Waals surface area (Å²) in [5.41, 5.74) is 1.12. The Labute approximate surface area is 147 Å². The molecule has 136 valence electrons. The van der Waals surface area contributed by atoms with E-state index >= 15 is 0 Å². The Kier molecular flexibility index (Phi) is 8.65. The van der Waals surface area contributed by atoms with Crippen molar-refractivity contribution >= 4 is 5.78 Å². The molecule has 24 heavy (non-hydrogen) atoms. The summed E-state index contributed by atoms with van der Waals surface area (Å²) in [4.78, 5) is 11.7. The molecule has 2 atom stereocenters. The van der Waals surface area contributed by atoms with E-state index in [0.717, 1.165) is 50.5 Å². The summed E-state index contributed by atoms with van der Waals surface area (Å²) in [7, 11) is 0. The zero-order valence-electron chi connectivity index (χ0n) is 15.6. The SMILES string of the molecule is C=C1CC[C@@H](O)C/C1=C/C=C/CCC[C@H](C)CCC(=O)C(C)(C)O. The lowest BCUT2D eigenvalue weighted by Crippen LogP contribution is -2.31. The molecule has 1 saturated carbocycles. The highest BCUT2D eigenvalue weighted by Gasteiger charge is 2.23. The molecule has 1 aliphatic carbocycles. The van der Waals surface area contributed by atoms with Gasteiger partial charge in [-0.25, -0.2) is 0 Å². The first-order chi connectivity index (χ1) is 11.2. The topological polar surface area (TPSA) is 57.5 Å². The number of Topliss-reactive ketones (excluding diaryl/α,β-unsaturated/α-hetero) is 1. The van der Waals surface area contributed by atoms with Crippen LogP contribution >= 0.6 is 0 Å². The summed E-state index contributed by atoms with van der Waals surface area (Å²) >= 11 is 0. The van der Waals surface area contributed by atoms with Crippen LogP contribution in [0.2, 0.25) is 0 Å². The quantitative estimate of drug-likeness (QED) is 0.611. The average Bonchev–Trinajstić information content (AvgIpc) is 2.50. The van der Waals surface area contributed by atoms with Crippen LogP contribution in [0.4, 0.5) is 0 Å². The maximum atomic E-state index is 11.7. The second-order valence-corrected chi connectivity index (χ2v) is 7.68. The minimum Gasteiger partial charge on any atom is -0.393 e. The largest absolute Gasteiger partial charge is 0.393 e. The highest BCUT2D eigenvalue weighted by Crippen LogP contribution is 2.27. The van der Waals surface area contributed by atoms with Gasteiger partial charge in [-0.05, 0) is 63.9 Å². The zero-order chi connectivity index (χ0) is 18.2. The summed E-state index contributed by atoms with van der Waals surface area (Å²) in [6, 6.07) is 0. The van der Waals surface area contributed by atoms with E-state index in [-0.39, 0.29) is 11.9 Å². The number of aliphatic hydroxyl groups is 2. The van der Waals surface area contributed by atoms with Gasteiger partial charge in [0.15, 0.2) is 5.78 Å². The number of carbonyl (C=O) groups is 1. The molecule has 0 amide bonds. The Morgan fingerprint density at radius 1 is 1.42 bits per heavy atom. The number of allylic oxidation sites excluding steroid dienone is 4. The monoisotopic (exact) mass is 334 g/mol. The third kappa shape index (κ3) is 8.07. The second kappa shape index (κ2) is 9.95. The first-order valence-electron chi connectivity index (χ1n) is 9.17. The standard InChI is InChI=1S/C21H34O3/c1-16(11-14-20(23)21(3,4)24)9-7-5-6-8-10-18-15-19(22)13-12-17(18)2/h6,8,10,16,19,22,24H,2,5,7,9,11-15H2,1,3-4H3/b8-6+,18-10-/t16-,19+/m0/s1. The molecule has 0 aromatic heterocycles. The van der Waals surface area contributed by atoms with E-state index in [9.17, 15) is 15.0 Å². The number of rotatable bonds is 9. The van der Waals surface area contributed by atoms with Crippen LogP contribution in [0.5, 0.6) is 0 Å². The summed E-state index contributed by atoms with van der Waals surface area (Å²) < 4.78 is 0. The predicted molar refractivity (Wildman–Crippen MR) is 99.8 cm³/mol. The molecule has 1 rings (SSSR count). The van der Waals surface area contributed by atoms with E-state index in [1.54, 1.807) is 13.8 Å². The molecule has 0 spiro atoms. The zero-order valence-corrected chi connectivity index (χ0v) is 15.6. The maximum absolute atomic E-state index is 11.7. The maximum Gasteiger partial charge on any atom is 0.163 e. The lowest BCUT2D eigenvalue weighted by atomic mass is 9.88. The van der Waals surface area contributed by atoms with Gasteiger partial charge in [-0.3, -0.25) is 4.79 Å². The Bertz CT molecular complexity index is 480. The van der Waals surface area contributed by atoms with Crippen LogP contribution in [0.1, 0.15) is 72.1 Å². The van der Waals surface area contributed by atoms with Gasteiger partial charge in [-0.15, -0.1) is 0 Å². The summed E-state index contributed by atoms with van der Waals surface area (Å²) in [6.45, 7) is 9.33. The number of carbonyl (C=O) groups excluding carboxylic acids is 1. The Hall–Kier alpha value is -1.19. The number of ketones is 1. The fourth-order valence-corrected chi connectivity index (χ4v) is 2.88. The van der Waals surface area contributed by atoms with Crippen LogP contribution in [0, 0.1) is 5.92 Å². The molecule has 0 aromatic rings. The van der Waals surface area contributed by atoms with Crippen LogP contribution < -0.4 is 0 Å². The molecule has 3 heteroatoms. The lowest BCUT2D eigenvalue weighted by molar-refractivity contribution is -0.134. The summed E-state index contributed by atoms with van der Waals surface area (Å²) in [5, 5.41) is 19.3. The molecule has 0 unspecified atom stereocenters. The number of hydrogen-bond donors (Lipinski definition) is 2. The molecule has 1 aliphatic rings. The number of unbranched alkanes of at least 4 members (excludes halogenated alkanes) is 1. The normalized spacial score (nSPS) is 22.3. The number of aliphatic hydroxyl groups excluding tert-OH is 1. The molecule has 0 aromatic carbocycles. The molecule has 0 heterocycles. The van der Waals surface area contributed by atoms with Gasteiger partial charge in [0.25, 0.3) is 0 Å². The van der Waals surface area contributed by atoms with Gasteiger partial charge >= 0.3 is 0 Å². The Morgan fingerprint density at radius 2 is 2.12 bits per heavy atom. The minimum absolute atomic E-state index is 0.0734. The molecule has 1 fully saturated rings. The van der Waals surface area contributed by atoms with Gasteiger partial charge in [-0.2, -0.15) is 0 Å². The van der Waals surface area contributed by atoms with Gasteiger partial charge in [0.1, 0.15) is 5.60 Å². The lowest BCUT2D eigenvalue weighted by Gasteiger charge is -2.21. The fraction of sp³-hybridized carbons (Fsp3) is 0.667. The van der Waals surface area contributed by atoms with Crippen molar-refractivity contribution in [2.24, 2.45) is 5.92 Å². The van der Waals surface area contributed by atoms with Crippen molar-refractivity contribution in [1.29, 1.82) is 0 Å². The van der Waals surface area contributed by atoms with Crippen LogP contribution in [0.15, 0.2) is 36.0 Å². The minimum atomic E-state index is -1.20. The average molecular weight is 335 g/mol. The number of hydrogen-bond acceptors (Lipinski definition) is 3. The third-order valence-corrected chi connectivity index (χ3v) is 4.74. The molecular weight excluding hydrogens is 300 g/mol. The highest BCUT2D eigenvalue weighted by atomic mass is 16.3. The van der Waals surface area contributed by atoms with Crippen molar-refractivity contribution < 1.29 is 15.0 Å². The summed E-state index contributed by atoms with van der Waals surface area (Å²) in [6.07, 6.45) is 13.0. The van der Waals surface area contributed by atoms with Crippen LogP contribution in [0.25, 0.3) is 0 Å². The van der Waals surface area contributed by atoms with Crippen LogP contribution in [-0.2, 0) is 4.79 Å². The van der Waals surface area contributed by atoms with Crippen molar-refractivity contribution in [3.8, 4) is 0 Å². The molecule has 0 saturated heterocycles. The third-order valence-electron chi connectivity index (χ3n) is 4.74. The van der Waals surface area contributed by atoms with Crippen molar-refractivity contribution in [2.45, 2.75) is 83.8 Å². The predicted octanol–water partition coefficient (Wildman–Crippen LogP) is 4.50. The van der Waals surface area contributed by atoms with Crippen LogP contribution in [0.3, 0.4) is 0 Å². The van der Waals surface area contributed by atoms with Crippen molar-refractivity contribution in [3.05, 3.63) is 36.0 Å². The van der Waals surface area contributed by atoms with E-state index in [1.807, 2.05) is 0 Å². The summed E-state index contributed by atoms with van der Waals surface area (Å²) in [5.74, 6) is 0.423. The van der Waals surface area contributed by atoms with Gasteiger partial charge in [0, 0.05) is 6.42 Å². The smallest absolute Gasteiger partial charge is 0.163 e.